The molecule has 3 heteroatoms. The second kappa shape index (κ2) is 1.97. The van der Waals surface area contributed by atoms with Crippen molar-refractivity contribution in [3.05, 3.63) is 0 Å². The van der Waals surface area contributed by atoms with Crippen molar-refractivity contribution in [2.45, 2.75) is 18.1 Å². The summed E-state index contributed by atoms with van der Waals surface area (Å²) < 4.78 is 12.0. The van der Waals surface area contributed by atoms with Crippen molar-refractivity contribution in [1.29, 1.82) is 0 Å². The molecule has 2 atom stereocenters. The van der Waals surface area contributed by atoms with E-state index in [2.05, 4.69) is 5.32 Å². The first-order valence-corrected chi connectivity index (χ1v) is 2.74. The van der Waals surface area contributed by atoms with E-state index in [4.69, 9.17) is 11.6 Å². The van der Waals surface area contributed by atoms with Gasteiger partial charge in [-0.1, -0.05) is 0 Å². The van der Waals surface area contributed by atoms with Crippen molar-refractivity contribution >= 4 is 11.6 Å². The molecule has 1 nitrogen and oxygen atoms in total. The summed E-state index contributed by atoms with van der Waals surface area (Å²) in [5.41, 5.74) is 0. The lowest BCUT2D eigenvalue weighted by molar-refractivity contribution is 0.311. The largest absolute Gasteiger partial charge is 0.286 e. The van der Waals surface area contributed by atoms with Crippen LogP contribution in [0.4, 0.5) is 4.39 Å². The van der Waals surface area contributed by atoms with Crippen LogP contribution in [0.2, 0.25) is 0 Å². The van der Waals surface area contributed by atoms with E-state index in [1.807, 2.05) is 0 Å². The van der Waals surface area contributed by atoms with Crippen LogP contribution in [0.5, 0.6) is 0 Å². The SMILES string of the molecule is FC1CC(Cl)CN1. The van der Waals surface area contributed by atoms with E-state index >= 15 is 0 Å². The van der Waals surface area contributed by atoms with Gasteiger partial charge >= 0.3 is 0 Å². The number of halogens is 2. The zero-order chi connectivity index (χ0) is 5.28. The molecule has 1 N–H and O–H groups in total. The van der Waals surface area contributed by atoms with Gasteiger partial charge in [-0.3, -0.25) is 5.32 Å². The molecule has 0 aromatic rings. The summed E-state index contributed by atoms with van der Waals surface area (Å²) in [6.45, 7) is 0.614. The summed E-state index contributed by atoms with van der Waals surface area (Å²) >= 11 is 5.50. The second-order valence-electron chi connectivity index (χ2n) is 1.71. The number of hydrogen-bond donors (Lipinski definition) is 1. The van der Waals surface area contributed by atoms with Crippen molar-refractivity contribution in [3.63, 3.8) is 0 Å². The Labute approximate surface area is 46.8 Å². The maximum absolute atomic E-state index is 12.0. The zero-order valence-electron chi connectivity index (χ0n) is 3.82. The molecule has 0 aliphatic carbocycles. The lowest BCUT2D eigenvalue weighted by atomic mass is 10.4. The summed E-state index contributed by atoms with van der Waals surface area (Å²) in [7, 11) is 0. The lowest BCUT2D eigenvalue weighted by Crippen LogP contribution is -2.15. The Balaban J connectivity index is 2.26. The van der Waals surface area contributed by atoms with E-state index in [9.17, 15) is 4.39 Å². The summed E-state index contributed by atoms with van der Waals surface area (Å²) in [6.07, 6.45) is -0.399. The number of rotatable bonds is 0. The van der Waals surface area contributed by atoms with Crippen LogP contribution in [0, 0.1) is 0 Å². The second-order valence-corrected chi connectivity index (χ2v) is 2.33. The molecule has 0 bridgehead atoms. The van der Waals surface area contributed by atoms with Crippen molar-refractivity contribution < 1.29 is 4.39 Å². The van der Waals surface area contributed by atoms with Crippen LogP contribution >= 0.6 is 11.6 Å². The van der Waals surface area contributed by atoms with Crippen LogP contribution in [0.15, 0.2) is 0 Å². The van der Waals surface area contributed by atoms with Crippen LogP contribution in [-0.2, 0) is 0 Å². The van der Waals surface area contributed by atoms with Crippen molar-refractivity contribution in [2.75, 3.05) is 6.54 Å². The molecule has 0 spiro atoms. The van der Waals surface area contributed by atoms with E-state index in [1.165, 1.54) is 0 Å². The first-order chi connectivity index (χ1) is 3.29. The third-order valence-electron chi connectivity index (χ3n) is 1.02. The Bertz CT molecular complexity index is 60.7. The van der Waals surface area contributed by atoms with Gasteiger partial charge in [-0.15, -0.1) is 11.6 Å². The Hall–Kier alpha value is 0.180. The molecular weight excluding hydrogens is 117 g/mol. The molecule has 1 aliphatic rings. The molecule has 1 aliphatic heterocycles. The fraction of sp³-hybridized carbons (Fsp3) is 1.00. The van der Waals surface area contributed by atoms with Crippen LogP contribution < -0.4 is 5.32 Å². The summed E-state index contributed by atoms with van der Waals surface area (Å²) in [5, 5.41) is 2.58. The molecule has 0 aromatic carbocycles. The highest BCUT2D eigenvalue weighted by Crippen LogP contribution is 2.11. The Kier molecular flexibility index (Phi) is 1.50. The van der Waals surface area contributed by atoms with Crippen LogP contribution in [0.1, 0.15) is 6.42 Å². The first-order valence-electron chi connectivity index (χ1n) is 2.30. The fourth-order valence-electron chi connectivity index (χ4n) is 0.647. The normalized spacial score (nSPS) is 42.0. The van der Waals surface area contributed by atoms with Gasteiger partial charge in [0.25, 0.3) is 0 Å². The Morgan fingerprint density at radius 2 is 2.43 bits per heavy atom. The zero-order valence-corrected chi connectivity index (χ0v) is 4.58. The molecule has 1 fully saturated rings. The molecule has 0 aromatic heterocycles. The van der Waals surface area contributed by atoms with Gasteiger partial charge in [0.15, 0.2) is 6.30 Å². The van der Waals surface area contributed by atoms with Crippen LogP contribution in [-0.4, -0.2) is 18.2 Å². The van der Waals surface area contributed by atoms with E-state index in [0.29, 0.717) is 13.0 Å². The standard InChI is InChI=1S/C4H7ClFN/c5-3-1-4(6)7-2-3/h3-4,7H,1-2H2. The molecular formula is C4H7ClFN. The summed E-state index contributed by atoms with van der Waals surface area (Å²) in [4.78, 5) is 0. The molecule has 1 heterocycles. The summed E-state index contributed by atoms with van der Waals surface area (Å²) in [6, 6.07) is 0. The van der Waals surface area contributed by atoms with Gasteiger partial charge in [-0.25, -0.2) is 4.39 Å². The minimum atomic E-state index is -0.859. The maximum Gasteiger partial charge on any atom is 0.152 e. The Morgan fingerprint density at radius 1 is 1.71 bits per heavy atom. The van der Waals surface area contributed by atoms with Crippen molar-refractivity contribution in [3.8, 4) is 0 Å². The van der Waals surface area contributed by atoms with E-state index in [-0.39, 0.29) is 5.38 Å². The molecule has 42 valence electrons. The topological polar surface area (TPSA) is 12.0 Å². The van der Waals surface area contributed by atoms with Gasteiger partial charge in [0.2, 0.25) is 0 Å². The van der Waals surface area contributed by atoms with E-state index in [0.717, 1.165) is 0 Å². The lowest BCUT2D eigenvalue weighted by Gasteiger charge is -1.90. The average Bonchev–Trinajstić information content (AvgIpc) is 1.87. The number of hydrogen-bond acceptors (Lipinski definition) is 1. The molecule has 1 saturated heterocycles. The van der Waals surface area contributed by atoms with Crippen LogP contribution in [0.3, 0.4) is 0 Å². The highest BCUT2D eigenvalue weighted by atomic mass is 35.5. The van der Waals surface area contributed by atoms with Crippen molar-refractivity contribution in [1.82, 2.24) is 5.32 Å². The Morgan fingerprint density at radius 3 is 2.57 bits per heavy atom. The van der Waals surface area contributed by atoms with Gasteiger partial charge in [0, 0.05) is 13.0 Å². The van der Waals surface area contributed by atoms with Crippen LogP contribution in [0.25, 0.3) is 0 Å². The van der Waals surface area contributed by atoms with E-state index in [1.54, 1.807) is 0 Å². The quantitative estimate of drug-likeness (QED) is 0.373. The van der Waals surface area contributed by atoms with Gasteiger partial charge < -0.3 is 0 Å². The van der Waals surface area contributed by atoms with Gasteiger partial charge in [-0.05, 0) is 0 Å². The third-order valence-corrected chi connectivity index (χ3v) is 1.36. The summed E-state index contributed by atoms with van der Waals surface area (Å²) in [5.74, 6) is 0. The minimum absolute atomic E-state index is 0.00926. The highest BCUT2D eigenvalue weighted by Gasteiger charge is 2.20. The number of nitrogens with one attached hydrogen (secondary N) is 1. The fourth-order valence-corrected chi connectivity index (χ4v) is 0.892. The van der Waals surface area contributed by atoms with Gasteiger partial charge in [-0.2, -0.15) is 0 Å². The average molecular weight is 124 g/mol. The molecule has 7 heavy (non-hydrogen) atoms. The molecule has 0 amide bonds. The predicted molar refractivity (Wildman–Crippen MR) is 27.2 cm³/mol. The van der Waals surface area contributed by atoms with Crippen molar-refractivity contribution in [2.24, 2.45) is 0 Å². The number of alkyl halides is 2. The van der Waals surface area contributed by atoms with E-state index < -0.39 is 6.30 Å². The molecule has 2 unspecified atom stereocenters. The smallest absolute Gasteiger partial charge is 0.152 e. The first kappa shape index (κ1) is 5.32. The predicted octanol–water partition coefficient (Wildman–Crippen LogP) is 0.883. The van der Waals surface area contributed by atoms with Gasteiger partial charge in [0.1, 0.15) is 0 Å². The maximum atomic E-state index is 12.0. The highest BCUT2D eigenvalue weighted by molar-refractivity contribution is 6.20. The molecule has 1 rings (SSSR count). The van der Waals surface area contributed by atoms with Gasteiger partial charge in [0.05, 0.1) is 5.38 Å². The monoisotopic (exact) mass is 123 g/mol. The third kappa shape index (κ3) is 1.28. The molecule has 0 radical (unpaired) electrons. The minimum Gasteiger partial charge on any atom is -0.286 e. The molecule has 0 saturated carbocycles.